The summed E-state index contributed by atoms with van der Waals surface area (Å²) in [6.07, 6.45) is -0.706. The number of carbonyl (C=O) groups is 3. The van der Waals surface area contributed by atoms with Crippen LogP contribution in [0.2, 0.25) is 0 Å². The molecular formula is C17H13FO5. The summed E-state index contributed by atoms with van der Waals surface area (Å²) in [5.74, 6) is -3.42. The van der Waals surface area contributed by atoms with Crippen LogP contribution < -0.4 is 4.74 Å². The molecule has 0 saturated carbocycles. The van der Waals surface area contributed by atoms with Crippen LogP contribution in [0.25, 0.3) is 0 Å². The number of hydrogen-bond donors (Lipinski definition) is 1. The van der Waals surface area contributed by atoms with E-state index in [0.717, 1.165) is 0 Å². The van der Waals surface area contributed by atoms with Crippen molar-refractivity contribution in [1.29, 1.82) is 0 Å². The molecule has 0 spiro atoms. The highest BCUT2D eigenvalue weighted by atomic mass is 19.1. The van der Waals surface area contributed by atoms with E-state index in [0.29, 0.717) is 11.3 Å². The maximum absolute atomic E-state index is 13.1. The third kappa shape index (κ3) is 4.74. The molecule has 5 nitrogen and oxygen atoms in total. The van der Waals surface area contributed by atoms with E-state index < -0.39 is 24.0 Å². The van der Waals surface area contributed by atoms with E-state index in [1.54, 1.807) is 24.3 Å². The highest BCUT2D eigenvalue weighted by molar-refractivity contribution is 6.37. The maximum atomic E-state index is 13.1. The molecule has 0 aromatic heterocycles. The Morgan fingerprint density at radius 1 is 1.04 bits per heavy atom. The summed E-state index contributed by atoms with van der Waals surface area (Å²) in [5.41, 5.74) is 0.805. The molecule has 0 fully saturated rings. The second-order valence-electron chi connectivity index (χ2n) is 4.77. The predicted octanol–water partition coefficient (Wildman–Crippen LogP) is 2.63. The van der Waals surface area contributed by atoms with E-state index >= 15 is 0 Å². The predicted molar refractivity (Wildman–Crippen MR) is 78.8 cm³/mol. The SMILES string of the molecule is O=C(O)C(=O)CC(=O)c1cccc(OCc2cccc(F)c2)c1. The fourth-order valence-electron chi connectivity index (χ4n) is 1.88. The highest BCUT2D eigenvalue weighted by Crippen LogP contribution is 2.17. The summed E-state index contributed by atoms with van der Waals surface area (Å²) in [7, 11) is 0. The van der Waals surface area contributed by atoms with Crippen molar-refractivity contribution in [1.82, 2.24) is 0 Å². The van der Waals surface area contributed by atoms with Gasteiger partial charge in [-0.05, 0) is 29.8 Å². The third-order valence-corrected chi connectivity index (χ3v) is 3.01. The lowest BCUT2D eigenvalue weighted by atomic mass is 10.1. The molecule has 2 aromatic carbocycles. The lowest BCUT2D eigenvalue weighted by molar-refractivity contribution is -0.148. The highest BCUT2D eigenvalue weighted by Gasteiger charge is 2.18. The molecule has 0 atom stereocenters. The van der Waals surface area contributed by atoms with Crippen molar-refractivity contribution in [3.63, 3.8) is 0 Å². The first-order chi connectivity index (χ1) is 11.0. The van der Waals surface area contributed by atoms with Gasteiger partial charge in [0.25, 0.3) is 0 Å². The Kier molecular flexibility index (Phi) is 5.19. The zero-order chi connectivity index (χ0) is 16.8. The second kappa shape index (κ2) is 7.31. The first kappa shape index (κ1) is 16.4. The number of ether oxygens (including phenoxy) is 1. The van der Waals surface area contributed by atoms with Crippen LogP contribution in [0.4, 0.5) is 4.39 Å². The molecule has 1 N–H and O–H groups in total. The molecule has 0 aliphatic rings. The van der Waals surface area contributed by atoms with Gasteiger partial charge in [-0.25, -0.2) is 9.18 Å². The van der Waals surface area contributed by atoms with Gasteiger partial charge in [0.2, 0.25) is 5.78 Å². The molecule has 0 amide bonds. The minimum atomic E-state index is -1.64. The van der Waals surface area contributed by atoms with Gasteiger partial charge < -0.3 is 9.84 Å². The summed E-state index contributed by atoms with van der Waals surface area (Å²) in [4.78, 5) is 33.4. The molecule has 6 heteroatoms. The number of carbonyl (C=O) groups excluding carboxylic acids is 2. The van der Waals surface area contributed by atoms with Crippen LogP contribution in [0, 0.1) is 5.82 Å². The lowest BCUT2D eigenvalue weighted by Crippen LogP contribution is -2.17. The second-order valence-corrected chi connectivity index (χ2v) is 4.77. The quantitative estimate of drug-likeness (QED) is 0.482. The molecule has 118 valence electrons. The van der Waals surface area contributed by atoms with Gasteiger partial charge in [-0.3, -0.25) is 9.59 Å². The number of benzene rings is 2. The Bertz CT molecular complexity index is 754. The number of rotatable bonds is 7. The summed E-state index contributed by atoms with van der Waals surface area (Å²) in [6.45, 7) is 0.115. The zero-order valence-corrected chi connectivity index (χ0v) is 12.0. The molecule has 2 aromatic rings. The zero-order valence-electron chi connectivity index (χ0n) is 12.0. The number of carboxylic acids is 1. The minimum absolute atomic E-state index is 0.115. The Hall–Kier alpha value is -3.02. The molecule has 2 rings (SSSR count). The summed E-state index contributed by atoms with van der Waals surface area (Å²) >= 11 is 0. The van der Waals surface area contributed by atoms with Crippen molar-refractivity contribution in [2.75, 3.05) is 0 Å². The largest absolute Gasteiger partial charge is 0.489 e. The van der Waals surface area contributed by atoms with Crippen LogP contribution in [0.1, 0.15) is 22.3 Å². The van der Waals surface area contributed by atoms with Crippen LogP contribution >= 0.6 is 0 Å². The van der Waals surface area contributed by atoms with E-state index in [1.165, 1.54) is 24.3 Å². The van der Waals surface area contributed by atoms with Gasteiger partial charge in [0.1, 0.15) is 18.2 Å². The fraction of sp³-hybridized carbons (Fsp3) is 0.118. The topological polar surface area (TPSA) is 80.7 Å². The maximum Gasteiger partial charge on any atom is 0.372 e. The first-order valence-corrected chi connectivity index (χ1v) is 6.72. The van der Waals surface area contributed by atoms with Gasteiger partial charge >= 0.3 is 5.97 Å². The molecule has 0 saturated heterocycles. The standard InChI is InChI=1S/C17H13FO5/c18-13-5-1-3-11(7-13)10-23-14-6-2-4-12(8-14)15(19)9-16(20)17(21)22/h1-8H,9-10H2,(H,21,22). The van der Waals surface area contributed by atoms with Crippen molar-refractivity contribution in [2.24, 2.45) is 0 Å². The molecule has 0 bridgehead atoms. The molecule has 0 aliphatic heterocycles. The summed E-state index contributed by atoms with van der Waals surface area (Å²) < 4.78 is 18.5. The van der Waals surface area contributed by atoms with Crippen LogP contribution in [-0.4, -0.2) is 22.6 Å². The number of aliphatic carboxylic acids is 1. The normalized spacial score (nSPS) is 10.1. The Morgan fingerprint density at radius 3 is 2.48 bits per heavy atom. The van der Waals surface area contributed by atoms with Gasteiger partial charge in [0, 0.05) is 5.56 Å². The number of ketones is 2. The third-order valence-electron chi connectivity index (χ3n) is 3.01. The van der Waals surface area contributed by atoms with E-state index in [4.69, 9.17) is 9.84 Å². The van der Waals surface area contributed by atoms with Gasteiger partial charge in [0.05, 0.1) is 6.42 Å². The van der Waals surface area contributed by atoms with Gasteiger partial charge in [-0.2, -0.15) is 0 Å². The molecule has 23 heavy (non-hydrogen) atoms. The van der Waals surface area contributed by atoms with Gasteiger partial charge in [0.15, 0.2) is 5.78 Å². The summed E-state index contributed by atoms with van der Waals surface area (Å²) in [6, 6.07) is 12.0. The Morgan fingerprint density at radius 2 is 1.78 bits per heavy atom. The number of carboxylic acid groups (broad SMARTS) is 1. The Balaban J connectivity index is 2.03. The number of hydrogen-bond acceptors (Lipinski definition) is 4. The summed E-state index contributed by atoms with van der Waals surface area (Å²) in [5, 5.41) is 8.51. The first-order valence-electron chi connectivity index (χ1n) is 6.72. The van der Waals surface area contributed by atoms with E-state index in [-0.39, 0.29) is 18.0 Å². The minimum Gasteiger partial charge on any atom is -0.489 e. The van der Waals surface area contributed by atoms with Crippen LogP contribution in [0.3, 0.4) is 0 Å². The molecular weight excluding hydrogens is 303 g/mol. The monoisotopic (exact) mass is 316 g/mol. The van der Waals surface area contributed by atoms with Crippen LogP contribution in [0.15, 0.2) is 48.5 Å². The van der Waals surface area contributed by atoms with E-state index in [9.17, 15) is 18.8 Å². The average molecular weight is 316 g/mol. The van der Waals surface area contributed by atoms with Crippen LogP contribution in [-0.2, 0) is 16.2 Å². The molecule has 0 radical (unpaired) electrons. The van der Waals surface area contributed by atoms with Gasteiger partial charge in [-0.15, -0.1) is 0 Å². The number of Topliss-reactive ketones (excluding diaryl/α,β-unsaturated/α-hetero) is 2. The molecule has 0 heterocycles. The smallest absolute Gasteiger partial charge is 0.372 e. The van der Waals surface area contributed by atoms with Crippen molar-refractivity contribution in [3.8, 4) is 5.75 Å². The van der Waals surface area contributed by atoms with Gasteiger partial charge in [-0.1, -0.05) is 24.3 Å². The fourth-order valence-corrected chi connectivity index (χ4v) is 1.88. The lowest BCUT2D eigenvalue weighted by Gasteiger charge is -2.08. The number of halogens is 1. The van der Waals surface area contributed by atoms with Crippen molar-refractivity contribution in [2.45, 2.75) is 13.0 Å². The van der Waals surface area contributed by atoms with E-state index in [1.807, 2.05) is 0 Å². The van der Waals surface area contributed by atoms with Crippen molar-refractivity contribution >= 4 is 17.5 Å². The van der Waals surface area contributed by atoms with Crippen molar-refractivity contribution < 1.29 is 28.6 Å². The average Bonchev–Trinajstić information content (AvgIpc) is 2.53. The Labute approximate surface area is 131 Å². The van der Waals surface area contributed by atoms with Crippen LogP contribution in [0.5, 0.6) is 5.75 Å². The molecule has 0 aliphatic carbocycles. The molecule has 0 unspecified atom stereocenters. The van der Waals surface area contributed by atoms with Crippen molar-refractivity contribution in [3.05, 3.63) is 65.5 Å². The van der Waals surface area contributed by atoms with E-state index in [2.05, 4.69) is 0 Å².